The van der Waals surface area contributed by atoms with Crippen LogP contribution in [0.25, 0.3) is 16.9 Å². The summed E-state index contributed by atoms with van der Waals surface area (Å²) in [5, 5.41) is 7.42. The number of hydrogen-bond acceptors (Lipinski definition) is 4. The largest absolute Gasteiger partial charge is 0.465 e. The Bertz CT molecular complexity index is 1330. The summed E-state index contributed by atoms with van der Waals surface area (Å²) in [7, 11) is 1.91. The molecule has 31 heavy (non-hydrogen) atoms. The van der Waals surface area contributed by atoms with Crippen LogP contribution in [0.15, 0.2) is 51.7 Å². The highest BCUT2D eigenvalue weighted by Crippen LogP contribution is 2.23. The normalized spacial score (nSPS) is 11.2. The molecular weight excluding hydrogens is 392 g/mol. The summed E-state index contributed by atoms with van der Waals surface area (Å²) < 4.78 is 8.86. The lowest BCUT2D eigenvalue weighted by atomic mass is 10.1. The van der Waals surface area contributed by atoms with Crippen LogP contribution in [-0.2, 0) is 24.8 Å². The second kappa shape index (κ2) is 8.26. The van der Waals surface area contributed by atoms with E-state index in [-0.39, 0.29) is 17.9 Å². The van der Waals surface area contributed by atoms with Crippen LogP contribution in [0.4, 0.5) is 0 Å². The van der Waals surface area contributed by atoms with Gasteiger partial charge in [0.1, 0.15) is 17.2 Å². The molecule has 7 heteroatoms. The molecule has 0 unspecified atom stereocenters. The molecule has 3 heterocycles. The predicted molar refractivity (Wildman–Crippen MR) is 119 cm³/mol. The van der Waals surface area contributed by atoms with Gasteiger partial charge in [0.05, 0.1) is 12.2 Å². The fourth-order valence-electron chi connectivity index (χ4n) is 3.79. The van der Waals surface area contributed by atoms with Crippen molar-refractivity contribution < 1.29 is 9.21 Å². The summed E-state index contributed by atoms with van der Waals surface area (Å²) in [6.07, 6.45) is 0.560. The lowest BCUT2D eigenvalue weighted by Gasteiger charge is -2.12. The van der Waals surface area contributed by atoms with E-state index in [9.17, 15) is 9.59 Å². The standard InChI is InChI=1S/C24H26N4O3/c1-15-7-5-6-8-19(15)21-13-23-27(4)17(3)20(24(30)28(23)26-21)11-12-22(29)25-14-18-10-9-16(2)31-18/h5-10,13H,11-12,14H2,1-4H3,(H,25,29). The van der Waals surface area contributed by atoms with E-state index in [4.69, 9.17) is 4.42 Å². The third kappa shape index (κ3) is 4.03. The van der Waals surface area contributed by atoms with Crippen molar-refractivity contribution in [2.75, 3.05) is 0 Å². The minimum absolute atomic E-state index is 0.128. The van der Waals surface area contributed by atoms with E-state index in [1.165, 1.54) is 4.52 Å². The lowest BCUT2D eigenvalue weighted by Crippen LogP contribution is -2.27. The van der Waals surface area contributed by atoms with Gasteiger partial charge in [-0.05, 0) is 44.9 Å². The molecule has 0 aliphatic carbocycles. The number of benzene rings is 1. The SMILES string of the molecule is Cc1ccc(CNC(=O)CCc2c(C)n(C)c3cc(-c4ccccc4C)nn3c2=O)o1. The summed E-state index contributed by atoms with van der Waals surface area (Å²) in [6.45, 7) is 6.12. The van der Waals surface area contributed by atoms with Gasteiger partial charge in [0.2, 0.25) is 5.91 Å². The molecule has 1 aromatic carbocycles. The third-order valence-electron chi connectivity index (χ3n) is 5.70. The molecule has 7 nitrogen and oxygen atoms in total. The van der Waals surface area contributed by atoms with Gasteiger partial charge in [-0.2, -0.15) is 9.61 Å². The molecule has 0 radical (unpaired) electrons. The van der Waals surface area contributed by atoms with Crippen LogP contribution in [0, 0.1) is 20.8 Å². The Morgan fingerprint density at radius 3 is 2.61 bits per heavy atom. The second-order valence-corrected chi connectivity index (χ2v) is 7.83. The molecule has 3 aromatic heterocycles. The van der Waals surface area contributed by atoms with Crippen LogP contribution >= 0.6 is 0 Å². The molecule has 0 saturated heterocycles. The van der Waals surface area contributed by atoms with Gasteiger partial charge >= 0.3 is 0 Å². The fraction of sp³-hybridized carbons (Fsp3) is 0.292. The third-order valence-corrected chi connectivity index (χ3v) is 5.70. The van der Waals surface area contributed by atoms with Crippen molar-refractivity contribution in [3.05, 3.63) is 81.2 Å². The number of fused-ring (bicyclic) bond motifs is 1. The van der Waals surface area contributed by atoms with E-state index in [2.05, 4.69) is 10.4 Å². The van der Waals surface area contributed by atoms with E-state index >= 15 is 0 Å². The Labute approximate surface area is 180 Å². The topological polar surface area (TPSA) is 81.5 Å². The Hall–Kier alpha value is -3.61. The molecule has 4 rings (SSSR count). The van der Waals surface area contributed by atoms with Crippen LogP contribution in [0.5, 0.6) is 0 Å². The molecule has 1 N–H and O–H groups in total. The van der Waals surface area contributed by atoms with Gasteiger partial charge in [0, 0.05) is 36.4 Å². The minimum Gasteiger partial charge on any atom is -0.465 e. The number of amides is 1. The van der Waals surface area contributed by atoms with Gasteiger partial charge in [-0.15, -0.1) is 0 Å². The predicted octanol–water partition coefficient (Wildman–Crippen LogP) is 3.47. The van der Waals surface area contributed by atoms with Gasteiger partial charge in [0.25, 0.3) is 5.56 Å². The molecule has 4 aromatic rings. The van der Waals surface area contributed by atoms with E-state index in [1.807, 2.05) is 74.9 Å². The van der Waals surface area contributed by atoms with Crippen molar-refractivity contribution in [1.82, 2.24) is 19.5 Å². The Morgan fingerprint density at radius 1 is 1.13 bits per heavy atom. The zero-order valence-corrected chi connectivity index (χ0v) is 18.2. The Morgan fingerprint density at radius 2 is 1.90 bits per heavy atom. The minimum atomic E-state index is -0.181. The van der Waals surface area contributed by atoms with E-state index in [0.29, 0.717) is 24.3 Å². The maximum Gasteiger partial charge on any atom is 0.277 e. The number of furan rings is 1. The number of aryl methyl sites for hydroxylation is 3. The lowest BCUT2D eigenvalue weighted by molar-refractivity contribution is -0.121. The maximum absolute atomic E-state index is 13.2. The number of carbonyl (C=O) groups excluding carboxylic acids is 1. The zero-order chi connectivity index (χ0) is 22.1. The number of hydrogen-bond donors (Lipinski definition) is 1. The Kier molecular flexibility index (Phi) is 5.50. The fourth-order valence-corrected chi connectivity index (χ4v) is 3.79. The first kappa shape index (κ1) is 20.7. The molecular formula is C24H26N4O3. The van der Waals surface area contributed by atoms with Crippen molar-refractivity contribution in [3.8, 4) is 11.3 Å². The molecule has 1 amide bonds. The van der Waals surface area contributed by atoms with Gasteiger partial charge in [-0.1, -0.05) is 24.3 Å². The highest BCUT2D eigenvalue weighted by molar-refractivity contribution is 5.76. The van der Waals surface area contributed by atoms with Gasteiger partial charge in [0.15, 0.2) is 0 Å². The van der Waals surface area contributed by atoms with Crippen LogP contribution in [0.2, 0.25) is 0 Å². The van der Waals surface area contributed by atoms with E-state index in [1.54, 1.807) is 0 Å². The first-order valence-corrected chi connectivity index (χ1v) is 10.3. The summed E-state index contributed by atoms with van der Waals surface area (Å²) >= 11 is 0. The number of rotatable bonds is 6. The highest BCUT2D eigenvalue weighted by Gasteiger charge is 2.17. The monoisotopic (exact) mass is 418 g/mol. The number of nitrogens with one attached hydrogen (secondary N) is 1. The highest BCUT2D eigenvalue weighted by atomic mass is 16.3. The molecule has 0 atom stereocenters. The summed E-state index contributed by atoms with van der Waals surface area (Å²) in [4.78, 5) is 25.5. The van der Waals surface area contributed by atoms with Gasteiger partial charge in [-0.3, -0.25) is 9.59 Å². The van der Waals surface area contributed by atoms with Crippen LogP contribution in [0.3, 0.4) is 0 Å². The molecule has 0 fully saturated rings. The molecule has 0 bridgehead atoms. The summed E-state index contributed by atoms with van der Waals surface area (Å²) in [5.74, 6) is 1.39. The van der Waals surface area contributed by atoms with Crippen LogP contribution in [0.1, 0.15) is 34.8 Å². The smallest absolute Gasteiger partial charge is 0.277 e. The Balaban J connectivity index is 1.57. The number of nitrogens with zero attached hydrogens (tertiary/aromatic N) is 3. The first-order chi connectivity index (χ1) is 14.8. The second-order valence-electron chi connectivity index (χ2n) is 7.83. The summed E-state index contributed by atoms with van der Waals surface area (Å²) in [6, 6.07) is 13.6. The summed E-state index contributed by atoms with van der Waals surface area (Å²) in [5.41, 5.74) is 4.83. The molecule has 0 spiro atoms. The van der Waals surface area contributed by atoms with Crippen molar-refractivity contribution in [1.29, 1.82) is 0 Å². The van der Waals surface area contributed by atoms with Crippen molar-refractivity contribution >= 4 is 11.6 Å². The van der Waals surface area contributed by atoms with E-state index < -0.39 is 0 Å². The maximum atomic E-state index is 13.2. The average molecular weight is 418 g/mol. The van der Waals surface area contributed by atoms with Crippen molar-refractivity contribution in [2.45, 2.75) is 40.2 Å². The van der Waals surface area contributed by atoms with Crippen LogP contribution in [-0.4, -0.2) is 20.1 Å². The first-order valence-electron chi connectivity index (χ1n) is 10.3. The molecule has 160 valence electrons. The van der Waals surface area contributed by atoms with Crippen molar-refractivity contribution in [2.24, 2.45) is 7.05 Å². The van der Waals surface area contributed by atoms with Crippen molar-refractivity contribution in [3.63, 3.8) is 0 Å². The molecule has 0 saturated carbocycles. The quantitative estimate of drug-likeness (QED) is 0.520. The van der Waals surface area contributed by atoms with Gasteiger partial charge < -0.3 is 14.3 Å². The number of carbonyl (C=O) groups is 1. The molecule has 0 aliphatic heterocycles. The molecule has 0 aliphatic rings. The number of aromatic nitrogens is 3. The van der Waals surface area contributed by atoms with E-state index in [0.717, 1.165) is 33.9 Å². The zero-order valence-electron chi connectivity index (χ0n) is 18.2. The average Bonchev–Trinajstić information content (AvgIpc) is 3.37. The van der Waals surface area contributed by atoms with Gasteiger partial charge in [-0.25, -0.2) is 0 Å². The van der Waals surface area contributed by atoms with Crippen LogP contribution < -0.4 is 10.9 Å².